The van der Waals surface area contributed by atoms with Crippen molar-refractivity contribution in [1.82, 2.24) is 35.3 Å². The van der Waals surface area contributed by atoms with Crippen molar-refractivity contribution in [2.24, 2.45) is 0 Å². The predicted octanol–water partition coefficient (Wildman–Crippen LogP) is 3.89. The molecule has 1 fully saturated rings. The number of methoxy groups -OCH3 is 1. The topological polar surface area (TPSA) is 123 Å². The fourth-order valence-corrected chi connectivity index (χ4v) is 4.97. The van der Waals surface area contributed by atoms with Gasteiger partial charge < -0.3 is 20.4 Å². The van der Waals surface area contributed by atoms with E-state index in [0.717, 1.165) is 36.8 Å². The van der Waals surface area contributed by atoms with E-state index >= 15 is 0 Å². The average Bonchev–Trinajstić information content (AvgIpc) is 3.43. The maximum absolute atomic E-state index is 13.0. The number of carbonyl (C=O) groups excluding carboxylic acids is 1. The van der Waals surface area contributed by atoms with Crippen LogP contribution in [0.25, 0.3) is 33.2 Å². The van der Waals surface area contributed by atoms with E-state index < -0.39 is 13.0 Å². The quantitative estimate of drug-likeness (QED) is 0.353. The van der Waals surface area contributed by atoms with Gasteiger partial charge in [0.15, 0.2) is 0 Å². The number of fused-ring (bicyclic) bond motifs is 2. The van der Waals surface area contributed by atoms with Crippen LogP contribution >= 0.6 is 0 Å². The number of anilines is 1. The Kier molecular flexibility index (Phi) is 6.19. The van der Waals surface area contributed by atoms with Gasteiger partial charge in [0, 0.05) is 30.3 Å². The minimum Gasteiger partial charge on any atom is -0.480 e. The number of ether oxygens (including phenoxy) is 1. The van der Waals surface area contributed by atoms with Crippen molar-refractivity contribution in [3.8, 4) is 17.0 Å². The molecule has 3 N–H and O–H groups in total. The Balaban J connectivity index is 1.41. The molecular formula is C24H28F2N8O2. The number of nitrogens with one attached hydrogen (secondary N) is 3. The monoisotopic (exact) mass is 498 g/mol. The highest BCUT2D eigenvalue weighted by molar-refractivity contribution is 5.99. The molecule has 3 aromatic heterocycles. The zero-order valence-corrected chi connectivity index (χ0v) is 20.3. The van der Waals surface area contributed by atoms with Gasteiger partial charge in [-0.05, 0) is 50.3 Å². The number of alkyl halides is 2. The fourth-order valence-electron chi connectivity index (χ4n) is 4.97. The summed E-state index contributed by atoms with van der Waals surface area (Å²) in [5.74, 6) is 0.839. The molecule has 0 bridgehead atoms. The van der Waals surface area contributed by atoms with Crippen molar-refractivity contribution in [1.29, 1.82) is 0 Å². The van der Waals surface area contributed by atoms with Crippen molar-refractivity contribution in [2.75, 3.05) is 12.4 Å². The molecule has 1 amide bonds. The van der Waals surface area contributed by atoms with Crippen LogP contribution in [0.5, 0.6) is 5.88 Å². The van der Waals surface area contributed by atoms with Gasteiger partial charge >= 0.3 is 0 Å². The van der Waals surface area contributed by atoms with Crippen LogP contribution in [0.4, 0.5) is 14.7 Å². The van der Waals surface area contributed by atoms with Gasteiger partial charge in [0.25, 0.3) is 6.43 Å². The normalized spacial score (nSPS) is 20.2. The van der Waals surface area contributed by atoms with E-state index in [4.69, 9.17) is 4.74 Å². The summed E-state index contributed by atoms with van der Waals surface area (Å²) in [6, 6.07) is 5.56. The maximum Gasteiger partial charge on any atom is 0.258 e. The number of aromatic nitrogens is 6. The van der Waals surface area contributed by atoms with Crippen LogP contribution in [0.15, 0.2) is 24.4 Å². The summed E-state index contributed by atoms with van der Waals surface area (Å²) in [7, 11) is 1.55. The second-order valence-corrected chi connectivity index (χ2v) is 9.51. The van der Waals surface area contributed by atoms with Crippen molar-refractivity contribution < 1.29 is 18.3 Å². The third-order valence-corrected chi connectivity index (χ3v) is 6.73. The van der Waals surface area contributed by atoms with Crippen molar-refractivity contribution in [3.63, 3.8) is 0 Å². The van der Waals surface area contributed by atoms with Crippen molar-refractivity contribution in [3.05, 3.63) is 24.4 Å². The molecule has 0 spiro atoms. The van der Waals surface area contributed by atoms with E-state index in [9.17, 15) is 13.6 Å². The summed E-state index contributed by atoms with van der Waals surface area (Å²) < 4.78 is 32.7. The van der Waals surface area contributed by atoms with Crippen LogP contribution in [0, 0.1) is 0 Å². The first kappa shape index (κ1) is 23.9. The van der Waals surface area contributed by atoms with Crippen molar-refractivity contribution >= 4 is 33.9 Å². The van der Waals surface area contributed by atoms with Gasteiger partial charge in [-0.2, -0.15) is 9.97 Å². The molecule has 190 valence electrons. The first-order chi connectivity index (χ1) is 17.2. The molecule has 0 atom stereocenters. The Morgan fingerprint density at radius 1 is 1.31 bits per heavy atom. The molecule has 0 radical (unpaired) electrons. The number of hydrogen-bond donors (Lipinski definition) is 3. The number of nitrogens with zero attached hydrogens (tertiary/aromatic N) is 5. The number of aromatic amines is 1. The molecule has 1 aliphatic carbocycles. The van der Waals surface area contributed by atoms with Crippen LogP contribution in [-0.2, 0) is 11.3 Å². The summed E-state index contributed by atoms with van der Waals surface area (Å²) >= 11 is 0. The van der Waals surface area contributed by atoms with Gasteiger partial charge in [-0.1, -0.05) is 11.3 Å². The summed E-state index contributed by atoms with van der Waals surface area (Å²) in [5.41, 5.74) is 3.02. The Hall–Kier alpha value is -3.83. The molecule has 36 heavy (non-hydrogen) atoms. The minimum atomic E-state index is -2.53. The Bertz CT molecular complexity index is 1410. The number of halogens is 2. The molecule has 10 nitrogen and oxygen atoms in total. The SMILES string of the molecule is COc1nc(N[C@H]2CC[C@](C)(NC(C)=O)CC2)nc2[nH]cc(-c3ccc4nnn(CC(F)F)c4c3)c12. The molecule has 1 aliphatic rings. The summed E-state index contributed by atoms with van der Waals surface area (Å²) in [6.07, 6.45) is 2.72. The molecule has 5 rings (SSSR count). The van der Waals surface area contributed by atoms with E-state index in [-0.39, 0.29) is 17.5 Å². The van der Waals surface area contributed by atoms with Crippen molar-refractivity contribution in [2.45, 2.75) is 64.1 Å². The molecular weight excluding hydrogens is 470 g/mol. The first-order valence-corrected chi connectivity index (χ1v) is 11.8. The molecule has 1 saturated carbocycles. The summed E-state index contributed by atoms with van der Waals surface area (Å²) in [5, 5.41) is 15.0. The highest BCUT2D eigenvalue weighted by atomic mass is 19.3. The largest absolute Gasteiger partial charge is 0.480 e. The standard InChI is InChI=1S/C24H28F2N8O2/c1-13(35)31-24(2)8-6-15(7-9-24)28-23-29-21-20(22(30-23)36-3)16(11-27-21)14-4-5-17-18(10-14)34(33-32-17)12-19(25)26/h4-5,10-11,15,19H,6-9,12H2,1-3H3,(H,31,35)(H2,27,28,29,30)/t15-,24-. The van der Waals surface area contributed by atoms with Gasteiger partial charge in [-0.25, -0.2) is 13.5 Å². The van der Waals surface area contributed by atoms with Gasteiger partial charge in [0.2, 0.25) is 17.7 Å². The zero-order valence-electron chi connectivity index (χ0n) is 20.3. The molecule has 1 aromatic carbocycles. The second kappa shape index (κ2) is 9.32. The molecule has 4 aromatic rings. The van der Waals surface area contributed by atoms with E-state index in [2.05, 4.69) is 42.8 Å². The number of carbonyl (C=O) groups is 1. The maximum atomic E-state index is 13.0. The minimum absolute atomic E-state index is 0.0149. The van der Waals surface area contributed by atoms with Crippen LogP contribution in [0.2, 0.25) is 0 Å². The number of hydrogen-bond acceptors (Lipinski definition) is 7. The highest BCUT2D eigenvalue weighted by Crippen LogP contribution is 2.36. The lowest BCUT2D eigenvalue weighted by Crippen LogP contribution is -2.49. The highest BCUT2D eigenvalue weighted by Gasteiger charge is 2.32. The third kappa shape index (κ3) is 4.67. The van der Waals surface area contributed by atoms with E-state index in [1.165, 1.54) is 4.68 Å². The van der Waals surface area contributed by atoms with E-state index in [1.54, 1.807) is 32.4 Å². The molecule has 0 saturated heterocycles. The predicted molar refractivity (Wildman–Crippen MR) is 131 cm³/mol. The van der Waals surface area contributed by atoms with Gasteiger partial charge in [-0.15, -0.1) is 5.10 Å². The Labute approximate surface area is 205 Å². The molecule has 0 unspecified atom stereocenters. The van der Waals surface area contributed by atoms with E-state index in [1.807, 2.05) is 6.07 Å². The van der Waals surface area contributed by atoms with Gasteiger partial charge in [0.05, 0.1) is 18.0 Å². The van der Waals surface area contributed by atoms with Crippen LogP contribution in [0.1, 0.15) is 39.5 Å². The van der Waals surface area contributed by atoms with Crippen LogP contribution in [-0.4, -0.2) is 61.0 Å². The van der Waals surface area contributed by atoms with Gasteiger partial charge in [0.1, 0.15) is 17.7 Å². The number of H-pyrrole nitrogens is 1. The number of rotatable bonds is 7. The number of benzene rings is 1. The smallest absolute Gasteiger partial charge is 0.258 e. The molecule has 3 heterocycles. The first-order valence-electron chi connectivity index (χ1n) is 11.8. The summed E-state index contributed by atoms with van der Waals surface area (Å²) in [4.78, 5) is 23.9. The molecule has 0 aliphatic heterocycles. The van der Waals surface area contributed by atoms with Gasteiger partial charge in [-0.3, -0.25) is 4.79 Å². The Morgan fingerprint density at radius 3 is 2.78 bits per heavy atom. The van der Waals surface area contributed by atoms with Crippen LogP contribution < -0.4 is 15.4 Å². The lowest BCUT2D eigenvalue weighted by Gasteiger charge is -2.38. The average molecular weight is 499 g/mol. The summed E-state index contributed by atoms with van der Waals surface area (Å²) in [6.45, 7) is 3.09. The van der Waals surface area contributed by atoms with Crippen LogP contribution in [0.3, 0.4) is 0 Å². The lowest BCUT2D eigenvalue weighted by atomic mass is 9.81. The second-order valence-electron chi connectivity index (χ2n) is 9.51. The molecule has 12 heteroatoms. The lowest BCUT2D eigenvalue weighted by molar-refractivity contribution is -0.121. The number of amides is 1. The zero-order chi connectivity index (χ0) is 25.4. The van der Waals surface area contributed by atoms with E-state index in [0.29, 0.717) is 33.9 Å². The Morgan fingerprint density at radius 2 is 2.08 bits per heavy atom. The fraction of sp³-hybridized carbons (Fsp3) is 0.458. The third-order valence-electron chi connectivity index (χ3n) is 6.73.